The number of hydrogen-bond donors (Lipinski definition) is 1. The summed E-state index contributed by atoms with van der Waals surface area (Å²) in [5, 5.41) is 3.32. The van der Waals surface area contributed by atoms with Gasteiger partial charge in [0.1, 0.15) is 5.82 Å². The molecule has 0 aliphatic carbocycles. The van der Waals surface area contributed by atoms with Crippen molar-refractivity contribution in [1.29, 1.82) is 0 Å². The maximum Gasteiger partial charge on any atom is 0.264 e. The summed E-state index contributed by atoms with van der Waals surface area (Å²) < 4.78 is 14.7. The fraction of sp³-hybridized carbons (Fsp3) is 0.273. The highest BCUT2D eigenvalue weighted by Crippen LogP contribution is 2.32. The number of thioether (sulfide) groups is 1. The van der Waals surface area contributed by atoms with E-state index in [1.54, 1.807) is 6.08 Å². The van der Waals surface area contributed by atoms with Gasteiger partial charge in [0.2, 0.25) is 0 Å². The number of halogens is 1. The van der Waals surface area contributed by atoms with Gasteiger partial charge in [-0.3, -0.25) is 4.79 Å². The van der Waals surface area contributed by atoms with Gasteiger partial charge in [0.25, 0.3) is 5.91 Å². The summed E-state index contributed by atoms with van der Waals surface area (Å²) in [6.45, 7) is 5.74. The van der Waals surface area contributed by atoms with Crippen molar-refractivity contribution >= 4 is 40.3 Å². The summed E-state index contributed by atoms with van der Waals surface area (Å²) >= 11 is 1.28. The van der Waals surface area contributed by atoms with Crippen LogP contribution < -0.4 is 10.2 Å². The molecule has 0 unspecified atom stereocenters. The molecule has 28 heavy (non-hydrogen) atoms. The predicted octanol–water partition coefficient (Wildman–Crippen LogP) is 4.93. The van der Waals surface area contributed by atoms with Gasteiger partial charge in [-0.25, -0.2) is 9.38 Å². The van der Waals surface area contributed by atoms with Gasteiger partial charge in [-0.05, 0) is 85.5 Å². The van der Waals surface area contributed by atoms with Crippen LogP contribution in [0.1, 0.15) is 29.5 Å². The van der Waals surface area contributed by atoms with Crippen LogP contribution in [0.25, 0.3) is 6.08 Å². The van der Waals surface area contributed by atoms with E-state index in [1.807, 2.05) is 44.2 Å². The van der Waals surface area contributed by atoms with E-state index in [0.29, 0.717) is 15.8 Å². The molecule has 0 aromatic heterocycles. The molecule has 0 radical (unpaired) electrons. The van der Waals surface area contributed by atoms with E-state index in [4.69, 9.17) is 0 Å². The zero-order chi connectivity index (χ0) is 19.7. The number of carbonyl (C=O) groups is 1. The molecule has 4 nitrogen and oxygen atoms in total. The first-order valence-corrected chi connectivity index (χ1v) is 10.2. The van der Waals surface area contributed by atoms with Crippen LogP contribution >= 0.6 is 11.8 Å². The van der Waals surface area contributed by atoms with Crippen molar-refractivity contribution in [2.24, 2.45) is 4.99 Å². The number of anilines is 1. The fourth-order valence-electron chi connectivity index (χ4n) is 3.47. The van der Waals surface area contributed by atoms with Crippen molar-refractivity contribution < 1.29 is 9.18 Å². The summed E-state index contributed by atoms with van der Waals surface area (Å²) in [7, 11) is 0. The van der Waals surface area contributed by atoms with Gasteiger partial charge >= 0.3 is 0 Å². The van der Waals surface area contributed by atoms with E-state index in [1.165, 1.54) is 17.8 Å². The Labute approximate surface area is 168 Å². The van der Waals surface area contributed by atoms with E-state index in [2.05, 4.69) is 15.2 Å². The zero-order valence-electron chi connectivity index (χ0n) is 16.0. The van der Waals surface area contributed by atoms with Crippen molar-refractivity contribution in [3.8, 4) is 0 Å². The summed E-state index contributed by atoms with van der Waals surface area (Å²) in [5.74, 6) is -0.448. The molecule has 4 rings (SSSR count). The maximum absolute atomic E-state index is 14.7. The summed E-state index contributed by atoms with van der Waals surface area (Å²) in [5.41, 5.74) is 4.22. The molecule has 144 valence electrons. The van der Waals surface area contributed by atoms with E-state index in [9.17, 15) is 9.18 Å². The smallest absolute Gasteiger partial charge is 0.264 e. The zero-order valence-corrected chi connectivity index (χ0v) is 16.8. The highest BCUT2D eigenvalue weighted by atomic mass is 32.2. The Morgan fingerprint density at radius 2 is 1.96 bits per heavy atom. The first-order valence-electron chi connectivity index (χ1n) is 9.41. The number of carbonyl (C=O) groups excluding carboxylic acids is 1. The minimum Gasteiger partial charge on any atom is -0.369 e. The Bertz CT molecular complexity index is 993. The molecule has 2 aliphatic rings. The fourth-order valence-corrected chi connectivity index (χ4v) is 4.31. The highest BCUT2D eigenvalue weighted by Gasteiger charge is 2.24. The van der Waals surface area contributed by atoms with Crippen LogP contribution in [0, 0.1) is 19.7 Å². The lowest BCUT2D eigenvalue weighted by Crippen LogP contribution is -2.19. The Morgan fingerprint density at radius 3 is 2.71 bits per heavy atom. The number of benzene rings is 2. The van der Waals surface area contributed by atoms with Crippen LogP contribution in [0.5, 0.6) is 0 Å². The van der Waals surface area contributed by atoms with Gasteiger partial charge in [-0.1, -0.05) is 12.1 Å². The quantitative estimate of drug-likeness (QED) is 0.749. The number of rotatable bonds is 3. The third-order valence-electron chi connectivity index (χ3n) is 4.95. The van der Waals surface area contributed by atoms with Gasteiger partial charge < -0.3 is 10.2 Å². The van der Waals surface area contributed by atoms with E-state index in [0.717, 1.165) is 48.3 Å². The second kappa shape index (κ2) is 7.80. The number of hydrogen-bond acceptors (Lipinski definition) is 4. The van der Waals surface area contributed by atoms with Gasteiger partial charge in [-0.2, -0.15) is 0 Å². The van der Waals surface area contributed by atoms with Crippen molar-refractivity contribution in [1.82, 2.24) is 5.32 Å². The van der Waals surface area contributed by atoms with Gasteiger partial charge in [0.15, 0.2) is 5.17 Å². The molecule has 2 heterocycles. The molecule has 1 amide bonds. The van der Waals surface area contributed by atoms with E-state index < -0.39 is 0 Å². The lowest BCUT2D eigenvalue weighted by Gasteiger charge is -2.19. The lowest BCUT2D eigenvalue weighted by atomic mass is 10.1. The number of amides is 1. The lowest BCUT2D eigenvalue weighted by molar-refractivity contribution is -0.115. The van der Waals surface area contributed by atoms with E-state index in [-0.39, 0.29) is 11.7 Å². The predicted molar refractivity (Wildman–Crippen MR) is 115 cm³/mol. The Morgan fingerprint density at radius 1 is 1.18 bits per heavy atom. The second-order valence-electron chi connectivity index (χ2n) is 7.18. The van der Waals surface area contributed by atoms with Crippen LogP contribution in [0.15, 0.2) is 46.3 Å². The van der Waals surface area contributed by atoms with Crippen molar-refractivity contribution in [3.63, 3.8) is 0 Å². The average molecular weight is 396 g/mol. The largest absolute Gasteiger partial charge is 0.369 e. The number of aliphatic imine (C=N–C) groups is 1. The molecular weight excluding hydrogens is 373 g/mol. The van der Waals surface area contributed by atoms with Gasteiger partial charge in [0, 0.05) is 13.1 Å². The SMILES string of the molecule is Cc1cccc(N=C2NC(=O)C(=Cc3cc(F)c(N4CCCC4)cc3C)S2)c1. The third kappa shape index (κ3) is 3.97. The molecular formula is C22H22FN3OS. The van der Waals surface area contributed by atoms with Crippen LogP contribution in [0.2, 0.25) is 0 Å². The topological polar surface area (TPSA) is 44.7 Å². The van der Waals surface area contributed by atoms with Crippen LogP contribution in [0.4, 0.5) is 15.8 Å². The summed E-state index contributed by atoms with van der Waals surface area (Å²) in [4.78, 5) is 19.4. The first-order chi connectivity index (χ1) is 13.5. The summed E-state index contributed by atoms with van der Waals surface area (Å²) in [6, 6.07) is 11.2. The molecule has 0 saturated carbocycles. The molecule has 0 bridgehead atoms. The normalized spacial score (nSPS) is 19.7. The maximum atomic E-state index is 14.7. The van der Waals surface area contributed by atoms with Crippen LogP contribution in [-0.4, -0.2) is 24.2 Å². The van der Waals surface area contributed by atoms with Crippen molar-refractivity contribution in [3.05, 3.63) is 63.8 Å². The molecule has 1 N–H and O–H groups in total. The Balaban J connectivity index is 1.59. The average Bonchev–Trinajstić information content (AvgIpc) is 3.28. The Kier molecular flexibility index (Phi) is 5.22. The molecule has 0 atom stereocenters. The molecule has 2 aromatic rings. The molecule has 2 fully saturated rings. The molecule has 2 aliphatic heterocycles. The second-order valence-corrected chi connectivity index (χ2v) is 8.21. The van der Waals surface area contributed by atoms with E-state index >= 15 is 0 Å². The van der Waals surface area contributed by atoms with Crippen molar-refractivity contribution in [2.75, 3.05) is 18.0 Å². The van der Waals surface area contributed by atoms with Crippen LogP contribution in [0.3, 0.4) is 0 Å². The Hall–Kier alpha value is -2.60. The van der Waals surface area contributed by atoms with Crippen molar-refractivity contribution in [2.45, 2.75) is 26.7 Å². The molecule has 0 spiro atoms. The monoisotopic (exact) mass is 395 g/mol. The number of aryl methyl sites for hydroxylation is 2. The standard InChI is InChI=1S/C22H22FN3OS/c1-14-6-5-7-17(10-14)24-22-25-21(27)20(28-22)13-16-12-18(23)19(11-15(16)2)26-8-3-4-9-26/h5-7,10-13H,3-4,8-9H2,1-2H3,(H,24,25,27). The third-order valence-corrected chi connectivity index (χ3v) is 5.86. The first kappa shape index (κ1) is 18.7. The molecule has 2 saturated heterocycles. The minimum absolute atomic E-state index is 0.208. The number of amidine groups is 1. The number of nitrogens with zero attached hydrogens (tertiary/aromatic N) is 2. The van der Waals surface area contributed by atoms with Gasteiger partial charge in [0.05, 0.1) is 16.3 Å². The van der Waals surface area contributed by atoms with Crippen LogP contribution in [-0.2, 0) is 4.79 Å². The molecule has 2 aromatic carbocycles. The van der Waals surface area contributed by atoms with Gasteiger partial charge in [-0.15, -0.1) is 0 Å². The number of nitrogens with one attached hydrogen (secondary N) is 1. The highest BCUT2D eigenvalue weighted by molar-refractivity contribution is 8.18. The molecule has 6 heteroatoms. The minimum atomic E-state index is -0.239. The summed E-state index contributed by atoms with van der Waals surface area (Å²) in [6.07, 6.45) is 3.94.